The Hall–Kier alpha value is -1.88. The molecule has 1 aliphatic heterocycles. The van der Waals surface area contributed by atoms with Gasteiger partial charge in [0.1, 0.15) is 13.2 Å². The molecule has 2 aromatic rings. The smallest absolute Gasteiger partial charge is 0.248 e. The van der Waals surface area contributed by atoms with Crippen molar-refractivity contribution in [3.8, 4) is 11.5 Å². The van der Waals surface area contributed by atoms with Crippen LogP contribution in [-0.2, 0) is 4.79 Å². The van der Waals surface area contributed by atoms with Crippen LogP contribution < -0.4 is 14.8 Å². The molecule has 0 fully saturated rings. The van der Waals surface area contributed by atoms with E-state index in [0.29, 0.717) is 51.0 Å². The highest BCUT2D eigenvalue weighted by molar-refractivity contribution is 6.43. The summed E-state index contributed by atoms with van der Waals surface area (Å²) in [5.41, 5.74) is 1.08. The number of hydrogen-bond donors (Lipinski definition) is 1. The van der Waals surface area contributed by atoms with Crippen LogP contribution in [-0.4, -0.2) is 19.1 Å². The lowest BCUT2D eigenvalue weighted by Crippen LogP contribution is -2.16. The van der Waals surface area contributed by atoms with Gasteiger partial charge in [-0.15, -0.1) is 0 Å². The van der Waals surface area contributed by atoms with Gasteiger partial charge in [0.25, 0.3) is 0 Å². The fraction of sp³-hybridized carbons (Fsp3) is 0.118. The molecule has 124 valence electrons. The van der Waals surface area contributed by atoms with Crippen molar-refractivity contribution in [2.24, 2.45) is 0 Å². The third-order valence-electron chi connectivity index (χ3n) is 3.29. The summed E-state index contributed by atoms with van der Waals surface area (Å²) < 4.78 is 10.9. The normalized spacial score (nSPS) is 13.1. The Balaban J connectivity index is 1.75. The number of amides is 1. The molecule has 0 aliphatic carbocycles. The van der Waals surface area contributed by atoms with E-state index in [1.807, 2.05) is 0 Å². The summed E-state index contributed by atoms with van der Waals surface area (Å²) in [4.78, 5) is 12.1. The standard InChI is InChI=1S/C17H12Cl3NO3/c18-11-3-1-2-10(17(11)20)4-5-16(22)21-13-9-15-14(8-12(13)19)23-6-7-24-15/h1-5,8-9H,6-7H2,(H,21,22)/b5-4+. The molecule has 1 N–H and O–H groups in total. The average Bonchev–Trinajstić information content (AvgIpc) is 2.57. The molecule has 1 amide bonds. The number of anilines is 1. The summed E-state index contributed by atoms with van der Waals surface area (Å²) in [6.45, 7) is 0.924. The van der Waals surface area contributed by atoms with Gasteiger partial charge in [0.05, 0.1) is 20.8 Å². The van der Waals surface area contributed by atoms with Crippen LogP contribution in [0.15, 0.2) is 36.4 Å². The summed E-state index contributed by atoms with van der Waals surface area (Å²) >= 11 is 18.2. The molecule has 0 unspecified atom stereocenters. The molecule has 0 atom stereocenters. The molecule has 2 aromatic carbocycles. The minimum Gasteiger partial charge on any atom is -0.486 e. The van der Waals surface area contributed by atoms with E-state index in [1.165, 1.54) is 6.08 Å². The van der Waals surface area contributed by atoms with E-state index in [-0.39, 0.29) is 5.91 Å². The van der Waals surface area contributed by atoms with E-state index in [1.54, 1.807) is 36.4 Å². The SMILES string of the molecule is O=C(/C=C/c1cccc(Cl)c1Cl)Nc1cc2c(cc1Cl)OCCO2. The highest BCUT2D eigenvalue weighted by Crippen LogP contribution is 2.38. The first-order valence-electron chi connectivity index (χ1n) is 7.07. The third kappa shape index (κ3) is 3.78. The lowest BCUT2D eigenvalue weighted by molar-refractivity contribution is -0.111. The van der Waals surface area contributed by atoms with Crippen LogP contribution in [0, 0.1) is 0 Å². The predicted octanol–water partition coefficient (Wildman–Crippen LogP) is 5.07. The van der Waals surface area contributed by atoms with E-state index in [2.05, 4.69) is 5.32 Å². The van der Waals surface area contributed by atoms with Gasteiger partial charge in [0, 0.05) is 18.2 Å². The molecule has 3 rings (SSSR count). The fourth-order valence-electron chi connectivity index (χ4n) is 2.15. The van der Waals surface area contributed by atoms with Crippen LogP contribution in [0.1, 0.15) is 5.56 Å². The second-order valence-electron chi connectivity index (χ2n) is 4.94. The zero-order valence-electron chi connectivity index (χ0n) is 12.3. The Morgan fingerprint density at radius 2 is 1.75 bits per heavy atom. The van der Waals surface area contributed by atoms with Gasteiger partial charge in [0.15, 0.2) is 11.5 Å². The maximum absolute atomic E-state index is 12.1. The molecule has 1 aliphatic rings. The van der Waals surface area contributed by atoms with Crippen LogP contribution in [0.5, 0.6) is 11.5 Å². The van der Waals surface area contributed by atoms with Crippen molar-refractivity contribution < 1.29 is 14.3 Å². The topological polar surface area (TPSA) is 47.6 Å². The lowest BCUT2D eigenvalue weighted by atomic mass is 10.2. The molecular formula is C17H12Cl3NO3. The van der Waals surface area contributed by atoms with Crippen molar-refractivity contribution in [2.75, 3.05) is 18.5 Å². The molecule has 0 saturated heterocycles. The van der Waals surface area contributed by atoms with Crippen LogP contribution in [0.25, 0.3) is 6.08 Å². The van der Waals surface area contributed by atoms with Crippen LogP contribution >= 0.6 is 34.8 Å². The lowest BCUT2D eigenvalue weighted by Gasteiger charge is -2.19. The van der Waals surface area contributed by atoms with Gasteiger partial charge in [-0.3, -0.25) is 4.79 Å². The van der Waals surface area contributed by atoms with Gasteiger partial charge >= 0.3 is 0 Å². The molecule has 7 heteroatoms. The maximum atomic E-state index is 12.1. The number of ether oxygens (including phenoxy) is 2. The second-order valence-corrected chi connectivity index (χ2v) is 6.13. The Bertz CT molecular complexity index is 821. The zero-order valence-corrected chi connectivity index (χ0v) is 14.6. The Kier molecular flexibility index (Phi) is 5.19. The van der Waals surface area contributed by atoms with Crippen LogP contribution in [0.4, 0.5) is 5.69 Å². The number of benzene rings is 2. The van der Waals surface area contributed by atoms with Crippen molar-refractivity contribution in [1.29, 1.82) is 0 Å². The van der Waals surface area contributed by atoms with E-state index < -0.39 is 0 Å². The third-order valence-corrected chi connectivity index (χ3v) is 4.43. The Labute approximate surface area is 153 Å². The predicted molar refractivity (Wildman–Crippen MR) is 96.6 cm³/mol. The van der Waals surface area contributed by atoms with Gasteiger partial charge in [-0.05, 0) is 17.7 Å². The molecule has 4 nitrogen and oxygen atoms in total. The number of carbonyl (C=O) groups is 1. The number of nitrogens with one attached hydrogen (secondary N) is 1. The van der Waals surface area contributed by atoms with Crippen molar-refractivity contribution in [1.82, 2.24) is 0 Å². The van der Waals surface area contributed by atoms with Crippen LogP contribution in [0.3, 0.4) is 0 Å². The largest absolute Gasteiger partial charge is 0.486 e. The molecule has 0 bridgehead atoms. The summed E-state index contributed by atoms with van der Waals surface area (Å²) in [6.07, 6.45) is 2.93. The number of carbonyl (C=O) groups excluding carboxylic acids is 1. The molecule has 24 heavy (non-hydrogen) atoms. The Morgan fingerprint density at radius 1 is 1.04 bits per heavy atom. The van der Waals surface area contributed by atoms with E-state index in [0.717, 1.165) is 0 Å². The van der Waals surface area contributed by atoms with Crippen molar-refractivity contribution in [3.05, 3.63) is 57.0 Å². The van der Waals surface area contributed by atoms with Crippen molar-refractivity contribution in [3.63, 3.8) is 0 Å². The summed E-state index contributed by atoms with van der Waals surface area (Å²) in [6, 6.07) is 8.44. The average molecular weight is 385 g/mol. The number of halogens is 3. The van der Waals surface area contributed by atoms with Gasteiger partial charge < -0.3 is 14.8 Å². The van der Waals surface area contributed by atoms with E-state index >= 15 is 0 Å². The molecule has 0 saturated carbocycles. The van der Waals surface area contributed by atoms with Gasteiger partial charge in [0.2, 0.25) is 5.91 Å². The van der Waals surface area contributed by atoms with Gasteiger partial charge in [-0.25, -0.2) is 0 Å². The van der Waals surface area contributed by atoms with E-state index in [9.17, 15) is 4.79 Å². The minimum absolute atomic E-state index is 0.357. The van der Waals surface area contributed by atoms with Crippen molar-refractivity contribution in [2.45, 2.75) is 0 Å². The molecule has 0 spiro atoms. The number of fused-ring (bicyclic) bond motifs is 1. The maximum Gasteiger partial charge on any atom is 0.248 e. The summed E-state index contributed by atoms with van der Waals surface area (Å²) in [5.74, 6) is 0.748. The Morgan fingerprint density at radius 3 is 2.50 bits per heavy atom. The quantitative estimate of drug-likeness (QED) is 0.752. The molecular weight excluding hydrogens is 373 g/mol. The van der Waals surface area contributed by atoms with Gasteiger partial charge in [-0.1, -0.05) is 46.9 Å². The van der Waals surface area contributed by atoms with E-state index in [4.69, 9.17) is 44.3 Å². The number of hydrogen-bond acceptors (Lipinski definition) is 3. The van der Waals surface area contributed by atoms with Crippen molar-refractivity contribution >= 4 is 52.5 Å². The van der Waals surface area contributed by atoms with Crippen LogP contribution in [0.2, 0.25) is 15.1 Å². The minimum atomic E-state index is -0.357. The second kappa shape index (κ2) is 7.34. The first kappa shape index (κ1) is 17.0. The first-order chi connectivity index (χ1) is 11.5. The summed E-state index contributed by atoms with van der Waals surface area (Å²) in [7, 11) is 0. The highest BCUT2D eigenvalue weighted by Gasteiger charge is 2.15. The highest BCUT2D eigenvalue weighted by atomic mass is 35.5. The molecule has 0 radical (unpaired) electrons. The molecule has 0 aromatic heterocycles. The summed E-state index contributed by atoms with van der Waals surface area (Å²) in [5, 5.41) is 3.87. The first-order valence-corrected chi connectivity index (χ1v) is 8.20. The monoisotopic (exact) mass is 383 g/mol. The fourth-order valence-corrected chi connectivity index (χ4v) is 2.72. The van der Waals surface area contributed by atoms with Gasteiger partial charge in [-0.2, -0.15) is 0 Å². The molecule has 1 heterocycles. The zero-order chi connectivity index (χ0) is 17.1. The number of rotatable bonds is 3.